The van der Waals surface area contributed by atoms with E-state index in [1.54, 1.807) is 13.0 Å². The lowest BCUT2D eigenvalue weighted by Gasteiger charge is -2.19. The topological polar surface area (TPSA) is 87.5 Å². The molecule has 2 heterocycles. The summed E-state index contributed by atoms with van der Waals surface area (Å²) in [6.45, 7) is 5.07. The molecule has 1 aromatic rings. The zero-order valence-electron chi connectivity index (χ0n) is 12.5. The Morgan fingerprint density at radius 1 is 1.41 bits per heavy atom. The normalized spacial score (nSPS) is 14.9. The van der Waals surface area contributed by atoms with Gasteiger partial charge in [-0.25, -0.2) is 0 Å². The highest BCUT2D eigenvalue weighted by atomic mass is 35.5. The third-order valence-corrected chi connectivity index (χ3v) is 3.96. The maximum atomic E-state index is 12.0. The molecule has 0 aromatic carbocycles. The van der Waals surface area contributed by atoms with Crippen molar-refractivity contribution in [3.63, 3.8) is 0 Å². The molecule has 0 radical (unpaired) electrons. The van der Waals surface area contributed by atoms with E-state index in [1.807, 2.05) is 4.90 Å². The summed E-state index contributed by atoms with van der Waals surface area (Å²) in [7, 11) is 0. The molecule has 0 bridgehead atoms. The number of nitrogens with one attached hydrogen (secondary N) is 2. The Balaban J connectivity index is 0.00000242. The Morgan fingerprint density at radius 2 is 2.23 bits per heavy atom. The zero-order valence-corrected chi connectivity index (χ0v) is 14.1. The molecule has 0 saturated carbocycles. The van der Waals surface area contributed by atoms with Crippen molar-refractivity contribution in [1.82, 2.24) is 15.4 Å². The molecule has 2 amide bonds. The molecule has 9 heteroatoms. The molecule has 2 N–H and O–H groups in total. The summed E-state index contributed by atoms with van der Waals surface area (Å²) in [5.74, 6) is 1.51. The quantitative estimate of drug-likeness (QED) is 0.822. The molecule has 22 heavy (non-hydrogen) atoms. The SMILES string of the molecule is Cc1cc(NC(=O)CSCC(=O)N2CCCNCC2)no1.Cl. The molecule has 0 spiro atoms. The summed E-state index contributed by atoms with van der Waals surface area (Å²) in [6.07, 6.45) is 0.975. The summed E-state index contributed by atoms with van der Waals surface area (Å²) in [5, 5.41) is 9.57. The minimum atomic E-state index is -0.182. The number of amides is 2. The van der Waals surface area contributed by atoms with E-state index in [0.29, 0.717) is 17.3 Å². The van der Waals surface area contributed by atoms with Crippen molar-refractivity contribution in [3.05, 3.63) is 11.8 Å². The van der Waals surface area contributed by atoms with Gasteiger partial charge < -0.3 is 20.1 Å². The number of rotatable bonds is 5. The molecule has 1 aliphatic heterocycles. The van der Waals surface area contributed by atoms with Gasteiger partial charge in [-0.1, -0.05) is 5.16 Å². The fourth-order valence-electron chi connectivity index (χ4n) is 2.02. The van der Waals surface area contributed by atoms with Gasteiger partial charge in [0.1, 0.15) is 5.76 Å². The van der Waals surface area contributed by atoms with Crippen molar-refractivity contribution >= 4 is 41.8 Å². The fourth-order valence-corrected chi connectivity index (χ4v) is 2.74. The second-order valence-corrected chi connectivity index (χ2v) is 5.83. The van der Waals surface area contributed by atoms with Crippen molar-refractivity contribution < 1.29 is 14.1 Å². The first-order valence-corrected chi connectivity index (χ1v) is 8.10. The summed E-state index contributed by atoms with van der Waals surface area (Å²) in [4.78, 5) is 25.6. The van der Waals surface area contributed by atoms with Crippen LogP contribution in [0.25, 0.3) is 0 Å². The highest BCUT2D eigenvalue weighted by Crippen LogP contribution is 2.09. The van der Waals surface area contributed by atoms with Crippen LogP contribution in [-0.2, 0) is 9.59 Å². The molecule has 0 aliphatic carbocycles. The number of nitrogens with zero attached hydrogens (tertiary/aromatic N) is 2. The van der Waals surface area contributed by atoms with Crippen LogP contribution in [0.15, 0.2) is 10.6 Å². The lowest BCUT2D eigenvalue weighted by atomic mass is 10.4. The zero-order chi connectivity index (χ0) is 15.1. The molecule has 1 fully saturated rings. The van der Waals surface area contributed by atoms with E-state index < -0.39 is 0 Å². The van der Waals surface area contributed by atoms with Crippen LogP contribution in [0.5, 0.6) is 0 Å². The third kappa shape index (κ3) is 6.25. The number of carbonyl (C=O) groups is 2. The number of thioether (sulfide) groups is 1. The third-order valence-electron chi connectivity index (χ3n) is 3.05. The predicted molar refractivity (Wildman–Crippen MR) is 88.5 cm³/mol. The molecule has 0 unspecified atom stereocenters. The largest absolute Gasteiger partial charge is 0.360 e. The van der Waals surface area contributed by atoms with Crippen LogP contribution in [0.1, 0.15) is 12.2 Å². The van der Waals surface area contributed by atoms with Crippen LogP contribution >= 0.6 is 24.2 Å². The molecule has 2 rings (SSSR count). The van der Waals surface area contributed by atoms with Crippen LogP contribution in [0.4, 0.5) is 5.82 Å². The predicted octanol–water partition coefficient (Wildman–Crippen LogP) is 0.898. The Hall–Kier alpha value is -1.25. The number of aryl methyl sites for hydroxylation is 1. The van der Waals surface area contributed by atoms with Gasteiger partial charge >= 0.3 is 0 Å². The van der Waals surface area contributed by atoms with E-state index in [-0.39, 0.29) is 30.0 Å². The minimum Gasteiger partial charge on any atom is -0.360 e. The van der Waals surface area contributed by atoms with Crippen molar-refractivity contribution in [3.8, 4) is 0 Å². The smallest absolute Gasteiger partial charge is 0.235 e. The van der Waals surface area contributed by atoms with Gasteiger partial charge in [0.25, 0.3) is 0 Å². The van der Waals surface area contributed by atoms with Crippen LogP contribution in [0.3, 0.4) is 0 Å². The minimum absolute atomic E-state index is 0. The number of aromatic nitrogens is 1. The Bertz CT molecular complexity index is 489. The Morgan fingerprint density at radius 3 is 2.95 bits per heavy atom. The second-order valence-electron chi connectivity index (χ2n) is 4.85. The molecule has 1 aliphatic rings. The monoisotopic (exact) mass is 348 g/mol. The van der Waals surface area contributed by atoms with E-state index in [9.17, 15) is 9.59 Å². The summed E-state index contributed by atoms with van der Waals surface area (Å²) < 4.78 is 4.86. The van der Waals surface area contributed by atoms with Gasteiger partial charge in [0.05, 0.1) is 11.5 Å². The van der Waals surface area contributed by atoms with Gasteiger partial charge in [-0.3, -0.25) is 9.59 Å². The number of hydrogen-bond donors (Lipinski definition) is 2. The number of anilines is 1. The summed E-state index contributed by atoms with van der Waals surface area (Å²) >= 11 is 1.31. The Labute approximate surface area is 139 Å². The summed E-state index contributed by atoms with van der Waals surface area (Å²) in [5.41, 5.74) is 0. The highest BCUT2D eigenvalue weighted by Gasteiger charge is 2.15. The molecular weight excluding hydrogens is 328 g/mol. The maximum Gasteiger partial charge on any atom is 0.235 e. The maximum absolute atomic E-state index is 12.0. The molecule has 124 valence electrons. The van der Waals surface area contributed by atoms with Gasteiger partial charge in [-0.05, 0) is 19.9 Å². The van der Waals surface area contributed by atoms with Gasteiger partial charge in [0.15, 0.2) is 5.82 Å². The number of hydrogen-bond acceptors (Lipinski definition) is 6. The first-order valence-electron chi connectivity index (χ1n) is 6.94. The molecule has 1 aromatic heterocycles. The van der Waals surface area contributed by atoms with E-state index in [0.717, 1.165) is 32.6 Å². The second kappa shape index (κ2) is 9.70. The van der Waals surface area contributed by atoms with E-state index in [4.69, 9.17) is 4.52 Å². The molecule has 0 atom stereocenters. The van der Waals surface area contributed by atoms with Crippen LogP contribution in [-0.4, -0.2) is 59.6 Å². The van der Waals surface area contributed by atoms with E-state index in [1.165, 1.54) is 11.8 Å². The van der Waals surface area contributed by atoms with Gasteiger partial charge in [-0.15, -0.1) is 24.2 Å². The lowest BCUT2D eigenvalue weighted by molar-refractivity contribution is -0.128. The van der Waals surface area contributed by atoms with Crippen LogP contribution in [0.2, 0.25) is 0 Å². The van der Waals surface area contributed by atoms with Gasteiger partial charge in [-0.2, -0.15) is 0 Å². The molecule has 1 saturated heterocycles. The van der Waals surface area contributed by atoms with Gasteiger partial charge in [0.2, 0.25) is 11.8 Å². The highest BCUT2D eigenvalue weighted by molar-refractivity contribution is 8.00. The first kappa shape index (κ1) is 18.8. The average Bonchev–Trinajstić information content (AvgIpc) is 2.70. The molecule has 7 nitrogen and oxygen atoms in total. The van der Waals surface area contributed by atoms with E-state index >= 15 is 0 Å². The number of carbonyl (C=O) groups excluding carboxylic acids is 2. The summed E-state index contributed by atoms with van der Waals surface area (Å²) in [6, 6.07) is 1.65. The van der Waals surface area contributed by atoms with Crippen LogP contribution in [0, 0.1) is 6.92 Å². The lowest BCUT2D eigenvalue weighted by Crippen LogP contribution is -2.35. The van der Waals surface area contributed by atoms with Crippen LogP contribution < -0.4 is 10.6 Å². The fraction of sp³-hybridized carbons (Fsp3) is 0.615. The van der Waals surface area contributed by atoms with E-state index in [2.05, 4.69) is 15.8 Å². The number of halogens is 1. The molecular formula is C13H21ClN4O3S. The standard InChI is InChI=1S/C13H20N4O3S.ClH/c1-10-7-11(16-20-10)15-12(18)8-21-9-13(19)17-5-2-3-14-4-6-17;/h7,14H,2-6,8-9H2,1H3,(H,15,16,18);1H. The first-order chi connectivity index (χ1) is 10.1. The van der Waals surface area contributed by atoms with Crippen molar-refractivity contribution in [2.24, 2.45) is 0 Å². The van der Waals surface area contributed by atoms with Crippen molar-refractivity contribution in [2.45, 2.75) is 13.3 Å². The van der Waals surface area contributed by atoms with Gasteiger partial charge in [0, 0.05) is 25.7 Å². The van der Waals surface area contributed by atoms with Crippen molar-refractivity contribution in [2.75, 3.05) is 43.0 Å². The van der Waals surface area contributed by atoms with Crippen molar-refractivity contribution in [1.29, 1.82) is 0 Å². The Kier molecular flexibility index (Phi) is 8.29. The average molecular weight is 349 g/mol.